The molecular formula is C10H8BrClN2. The van der Waals surface area contributed by atoms with Gasteiger partial charge in [0.2, 0.25) is 0 Å². The lowest BCUT2D eigenvalue weighted by Gasteiger charge is -1.87. The van der Waals surface area contributed by atoms with Crippen LogP contribution in [-0.4, -0.2) is 9.97 Å². The highest BCUT2D eigenvalue weighted by atomic mass is 79.9. The third-order valence-corrected chi connectivity index (χ3v) is 2.40. The summed E-state index contributed by atoms with van der Waals surface area (Å²) in [4.78, 5) is 7.52. The Morgan fingerprint density at radius 3 is 3.07 bits per heavy atom. The molecule has 0 aliphatic heterocycles. The van der Waals surface area contributed by atoms with Crippen molar-refractivity contribution in [1.29, 1.82) is 0 Å². The molecule has 1 aromatic heterocycles. The van der Waals surface area contributed by atoms with Gasteiger partial charge in [0.05, 0.1) is 11.0 Å². The summed E-state index contributed by atoms with van der Waals surface area (Å²) in [5, 5.41) is 0.711. The van der Waals surface area contributed by atoms with Gasteiger partial charge in [-0.05, 0) is 31.2 Å². The van der Waals surface area contributed by atoms with Crippen LogP contribution >= 0.6 is 27.5 Å². The van der Waals surface area contributed by atoms with Crippen molar-refractivity contribution in [2.24, 2.45) is 0 Å². The second-order valence-corrected chi connectivity index (χ2v) is 4.53. The summed E-state index contributed by atoms with van der Waals surface area (Å²) in [6.45, 7) is 1.82. The van der Waals surface area contributed by atoms with E-state index in [1.165, 1.54) is 0 Å². The van der Waals surface area contributed by atoms with E-state index in [4.69, 9.17) is 11.6 Å². The molecule has 2 rings (SSSR count). The maximum atomic E-state index is 5.76. The summed E-state index contributed by atoms with van der Waals surface area (Å²) in [6, 6.07) is 5.91. The van der Waals surface area contributed by atoms with Gasteiger partial charge in [-0.15, -0.1) is 0 Å². The van der Waals surface area contributed by atoms with Gasteiger partial charge in [0.15, 0.2) is 0 Å². The maximum absolute atomic E-state index is 5.76. The van der Waals surface area contributed by atoms with Crippen molar-refractivity contribution in [3.05, 3.63) is 33.5 Å². The van der Waals surface area contributed by atoms with E-state index in [0.29, 0.717) is 5.03 Å². The van der Waals surface area contributed by atoms with E-state index in [0.717, 1.165) is 21.3 Å². The van der Waals surface area contributed by atoms with Gasteiger partial charge < -0.3 is 4.98 Å². The van der Waals surface area contributed by atoms with Crippen molar-refractivity contribution in [3.63, 3.8) is 0 Å². The Morgan fingerprint density at radius 1 is 1.57 bits per heavy atom. The molecule has 0 radical (unpaired) electrons. The number of fused-ring (bicyclic) bond motifs is 1. The lowest BCUT2D eigenvalue weighted by Crippen LogP contribution is -1.73. The number of H-pyrrole nitrogens is 1. The number of rotatable bonds is 1. The van der Waals surface area contributed by atoms with E-state index in [2.05, 4.69) is 25.9 Å². The van der Waals surface area contributed by atoms with Crippen molar-refractivity contribution in [1.82, 2.24) is 9.97 Å². The summed E-state index contributed by atoms with van der Waals surface area (Å²) in [7, 11) is 0. The third kappa shape index (κ3) is 1.99. The summed E-state index contributed by atoms with van der Waals surface area (Å²) in [5.74, 6) is 0.783. The summed E-state index contributed by atoms with van der Waals surface area (Å²) in [5.41, 5.74) is 1.95. The molecule has 1 N–H and O–H groups in total. The van der Waals surface area contributed by atoms with E-state index in [9.17, 15) is 0 Å². The van der Waals surface area contributed by atoms with Crippen LogP contribution in [0.1, 0.15) is 12.7 Å². The molecule has 0 saturated carbocycles. The van der Waals surface area contributed by atoms with Gasteiger partial charge in [-0.1, -0.05) is 27.5 Å². The number of hydrogen-bond donors (Lipinski definition) is 1. The number of hydrogen-bond acceptors (Lipinski definition) is 1. The molecule has 2 nitrogen and oxygen atoms in total. The lowest BCUT2D eigenvalue weighted by molar-refractivity contribution is 1.29. The highest BCUT2D eigenvalue weighted by Gasteiger charge is 2.00. The first kappa shape index (κ1) is 9.74. The number of benzene rings is 1. The Balaban J connectivity index is 2.57. The first-order chi connectivity index (χ1) is 6.65. The van der Waals surface area contributed by atoms with E-state index >= 15 is 0 Å². The molecule has 0 spiro atoms. The van der Waals surface area contributed by atoms with Crippen molar-refractivity contribution < 1.29 is 0 Å². The topological polar surface area (TPSA) is 28.7 Å². The standard InChI is InChI=1S/C10H8BrClN2/c1-6(12)4-10-13-8-3-2-7(11)5-9(8)14-10/h2-5H,1H3,(H,13,14). The van der Waals surface area contributed by atoms with E-state index < -0.39 is 0 Å². The van der Waals surface area contributed by atoms with Gasteiger partial charge >= 0.3 is 0 Å². The Morgan fingerprint density at radius 2 is 2.36 bits per heavy atom. The fraction of sp³-hybridized carbons (Fsp3) is 0.100. The molecule has 0 fully saturated rings. The number of allylic oxidation sites excluding steroid dienone is 1. The van der Waals surface area contributed by atoms with Crippen LogP contribution in [0.5, 0.6) is 0 Å². The average molecular weight is 272 g/mol. The normalized spacial score (nSPS) is 12.4. The molecule has 0 aliphatic rings. The minimum absolute atomic E-state index is 0.711. The predicted molar refractivity (Wildman–Crippen MR) is 63.3 cm³/mol. The molecule has 1 heterocycles. The summed E-state index contributed by atoms with van der Waals surface area (Å²) in [6.07, 6.45) is 1.80. The van der Waals surface area contributed by atoms with Crippen molar-refractivity contribution in [3.8, 4) is 0 Å². The van der Waals surface area contributed by atoms with Gasteiger partial charge in [0.25, 0.3) is 0 Å². The van der Waals surface area contributed by atoms with Gasteiger partial charge in [-0.25, -0.2) is 4.98 Å². The van der Waals surface area contributed by atoms with Crippen molar-refractivity contribution in [2.45, 2.75) is 6.92 Å². The van der Waals surface area contributed by atoms with Crippen LogP contribution in [0, 0.1) is 0 Å². The summed E-state index contributed by atoms with van der Waals surface area (Å²) >= 11 is 9.17. The van der Waals surface area contributed by atoms with Crippen LogP contribution in [0.4, 0.5) is 0 Å². The largest absolute Gasteiger partial charge is 0.338 e. The fourth-order valence-electron chi connectivity index (χ4n) is 1.26. The van der Waals surface area contributed by atoms with Gasteiger partial charge in [-0.2, -0.15) is 0 Å². The lowest BCUT2D eigenvalue weighted by atomic mass is 10.3. The van der Waals surface area contributed by atoms with Crippen LogP contribution < -0.4 is 0 Å². The monoisotopic (exact) mass is 270 g/mol. The van der Waals surface area contributed by atoms with E-state index in [1.54, 1.807) is 6.08 Å². The number of aromatic nitrogens is 2. The van der Waals surface area contributed by atoms with Crippen molar-refractivity contribution in [2.75, 3.05) is 0 Å². The van der Waals surface area contributed by atoms with Gasteiger partial charge in [0, 0.05) is 9.51 Å². The van der Waals surface area contributed by atoms with Crippen molar-refractivity contribution >= 4 is 44.6 Å². The quantitative estimate of drug-likeness (QED) is 0.836. The Labute approximate surface area is 95.1 Å². The van der Waals surface area contributed by atoms with E-state index in [1.807, 2.05) is 25.1 Å². The molecule has 2 aromatic rings. The number of nitrogens with one attached hydrogen (secondary N) is 1. The zero-order chi connectivity index (χ0) is 10.1. The first-order valence-corrected chi connectivity index (χ1v) is 5.31. The van der Waals surface area contributed by atoms with Gasteiger partial charge in [0.1, 0.15) is 5.82 Å². The molecule has 0 bridgehead atoms. The molecule has 72 valence electrons. The zero-order valence-corrected chi connectivity index (χ0v) is 9.85. The van der Waals surface area contributed by atoms with Crippen LogP contribution in [0.25, 0.3) is 17.1 Å². The number of aromatic amines is 1. The smallest absolute Gasteiger partial charge is 0.132 e. The van der Waals surface area contributed by atoms with Gasteiger partial charge in [-0.3, -0.25) is 0 Å². The van der Waals surface area contributed by atoms with Crippen LogP contribution in [0.3, 0.4) is 0 Å². The highest BCUT2D eigenvalue weighted by Crippen LogP contribution is 2.18. The predicted octanol–water partition coefficient (Wildman–Crippen LogP) is 3.93. The second kappa shape index (κ2) is 3.75. The zero-order valence-electron chi connectivity index (χ0n) is 7.51. The molecule has 4 heteroatoms. The van der Waals surface area contributed by atoms with E-state index in [-0.39, 0.29) is 0 Å². The molecule has 0 aliphatic carbocycles. The molecule has 0 saturated heterocycles. The number of imidazole rings is 1. The minimum atomic E-state index is 0.711. The highest BCUT2D eigenvalue weighted by molar-refractivity contribution is 9.10. The third-order valence-electron chi connectivity index (χ3n) is 1.80. The Kier molecular flexibility index (Phi) is 2.61. The molecule has 1 aromatic carbocycles. The Bertz CT molecular complexity index is 498. The Hall–Kier alpha value is -0.800. The number of halogens is 2. The average Bonchev–Trinajstić information content (AvgIpc) is 2.44. The first-order valence-electron chi connectivity index (χ1n) is 4.14. The van der Waals surface area contributed by atoms with Crippen LogP contribution in [-0.2, 0) is 0 Å². The molecule has 0 atom stereocenters. The number of nitrogens with zero attached hydrogens (tertiary/aromatic N) is 1. The molecule has 14 heavy (non-hydrogen) atoms. The molecule has 0 unspecified atom stereocenters. The SMILES string of the molecule is CC(Cl)=Cc1nc2ccc(Br)cc2[nH]1. The van der Waals surface area contributed by atoms with Crippen LogP contribution in [0.2, 0.25) is 0 Å². The molecule has 0 amide bonds. The van der Waals surface area contributed by atoms with Crippen LogP contribution in [0.15, 0.2) is 27.7 Å². The minimum Gasteiger partial charge on any atom is -0.338 e. The fourth-order valence-corrected chi connectivity index (χ4v) is 1.72. The molecular weight excluding hydrogens is 263 g/mol. The summed E-state index contributed by atoms with van der Waals surface area (Å²) < 4.78 is 1.03. The second-order valence-electron chi connectivity index (χ2n) is 3.01. The maximum Gasteiger partial charge on any atom is 0.132 e.